The van der Waals surface area contributed by atoms with Gasteiger partial charge in [0.15, 0.2) is 5.69 Å². The summed E-state index contributed by atoms with van der Waals surface area (Å²) in [7, 11) is 1.44. The maximum atomic E-state index is 13.1. The molecule has 0 radical (unpaired) electrons. The maximum absolute atomic E-state index is 13.1. The third-order valence-electron chi connectivity index (χ3n) is 3.18. The van der Waals surface area contributed by atoms with Crippen molar-refractivity contribution in [3.05, 3.63) is 47.0 Å². The number of nitrogens with one attached hydrogen (secondary N) is 1. The number of aromatic nitrogens is 5. The average molecular weight is 360 g/mol. The van der Waals surface area contributed by atoms with Crippen LogP contribution < -0.4 is 11.2 Å². The predicted octanol–water partition coefficient (Wildman–Crippen LogP) is 0.282. The Labute approximate surface area is 145 Å². The average Bonchev–Trinajstić information content (AvgIpc) is 3.21. The van der Waals surface area contributed by atoms with E-state index in [0.29, 0.717) is 5.56 Å². The number of amides is 1. The Balaban J connectivity index is 1.81. The minimum absolute atomic E-state index is 0.00430. The third-order valence-corrected chi connectivity index (χ3v) is 3.18. The largest absolute Gasteiger partial charge is 0.378 e. The summed E-state index contributed by atoms with van der Waals surface area (Å²) in [4.78, 5) is 12.3. The van der Waals surface area contributed by atoms with E-state index in [-0.39, 0.29) is 29.6 Å². The number of methoxy groups -OCH3 is 1. The number of halogens is 1. The summed E-state index contributed by atoms with van der Waals surface area (Å²) in [5.41, 5.74) is 8.61. The first-order chi connectivity index (χ1) is 12.6. The number of benzene rings is 1. The van der Waals surface area contributed by atoms with Gasteiger partial charge in [-0.15, -0.1) is 5.10 Å². The molecule has 26 heavy (non-hydrogen) atoms. The number of ether oxygens (including phenoxy) is 1. The van der Waals surface area contributed by atoms with Crippen molar-refractivity contribution >= 4 is 17.9 Å². The highest BCUT2D eigenvalue weighted by atomic mass is 19.1. The fourth-order valence-electron chi connectivity index (χ4n) is 2.06. The van der Waals surface area contributed by atoms with E-state index in [1.54, 1.807) is 6.07 Å². The number of hydrogen-bond acceptors (Lipinski definition) is 9. The van der Waals surface area contributed by atoms with Crippen LogP contribution in [-0.2, 0) is 11.3 Å². The monoisotopic (exact) mass is 360 g/mol. The lowest BCUT2D eigenvalue weighted by atomic mass is 10.2. The molecule has 0 unspecified atom stereocenters. The van der Waals surface area contributed by atoms with E-state index in [9.17, 15) is 9.18 Å². The molecule has 3 aromatic rings. The quantitative estimate of drug-likeness (QED) is 0.471. The molecular weight excluding hydrogens is 347 g/mol. The molecule has 0 spiro atoms. The van der Waals surface area contributed by atoms with Crippen molar-refractivity contribution in [3.8, 4) is 5.82 Å². The predicted molar refractivity (Wildman–Crippen MR) is 85.8 cm³/mol. The summed E-state index contributed by atoms with van der Waals surface area (Å²) in [6.45, 7) is -0.00430. The number of anilines is 1. The van der Waals surface area contributed by atoms with Crippen LogP contribution in [-0.4, -0.2) is 44.5 Å². The fourth-order valence-corrected chi connectivity index (χ4v) is 2.06. The van der Waals surface area contributed by atoms with Gasteiger partial charge in [0.1, 0.15) is 11.5 Å². The number of nitrogens with two attached hydrogens (primary N) is 1. The second kappa shape index (κ2) is 7.48. The minimum Gasteiger partial charge on any atom is -0.378 e. The molecule has 0 saturated carbocycles. The number of carbonyl (C=O) groups is 1. The SMILES string of the molecule is COCc1c(C(=O)N/N=C\c2cccc(F)c2)nnn1-c1nonc1N. The summed E-state index contributed by atoms with van der Waals surface area (Å²) in [5.74, 6) is -1.01. The molecule has 0 aliphatic carbocycles. The molecule has 0 saturated heterocycles. The molecule has 1 amide bonds. The second-order valence-electron chi connectivity index (χ2n) is 4.96. The molecule has 12 heteroatoms. The fraction of sp³-hybridized carbons (Fsp3) is 0.143. The van der Waals surface area contributed by atoms with Crippen LogP contribution in [0.15, 0.2) is 34.0 Å². The first-order valence-electron chi connectivity index (χ1n) is 7.21. The van der Waals surface area contributed by atoms with E-state index in [0.717, 1.165) is 0 Å². The number of carbonyl (C=O) groups excluding carboxylic acids is 1. The van der Waals surface area contributed by atoms with Crippen molar-refractivity contribution in [1.29, 1.82) is 0 Å². The molecule has 0 fully saturated rings. The molecule has 0 bridgehead atoms. The molecule has 11 nitrogen and oxygen atoms in total. The van der Waals surface area contributed by atoms with Crippen molar-refractivity contribution in [2.75, 3.05) is 12.8 Å². The summed E-state index contributed by atoms with van der Waals surface area (Å²) >= 11 is 0. The summed E-state index contributed by atoms with van der Waals surface area (Å²) in [5, 5.41) is 18.4. The molecule has 0 atom stereocenters. The van der Waals surface area contributed by atoms with E-state index >= 15 is 0 Å². The van der Waals surface area contributed by atoms with Gasteiger partial charge in [0.2, 0.25) is 11.6 Å². The van der Waals surface area contributed by atoms with Gasteiger partial charge in [0.05, 0.1) is 12.8 Å². The van der Waals surface area contributed by atoms with E-state index in [1.807, 2.05) is 0 Å². The standard InChI is InChI=1S/C14H13FN8O3/c1-25-7-10-11(18-22-23(10)13-12(16)20-26-21-13)14(24)19-17-6-8-3-2-4-9(15)5-8/h2-6H,7H2,1H3,(H2,16,20)(H,19,24)/b17-6-. The van der Waals surface area contributed by atoms with Gasteiger partial charge < -0.3 is 10.5 Å². The first kappa shape index (κ1) is 17.2. The molecule has 2 aromatic heterocycles. The van der Waals surface area contributed by atoms with Crippen LogP contribution in [0.4, 0.5) is 10.2 Å². The van der Waals surface area contributed by atoms with Crippen LogP contribution in [0.2, 0.25) is 0 Å². The van der Waals surface area contributed by atoms with E-state index in [4.69, 9.17) is 10.5 Å². The smallest absolute Gasteiger partial charge is 0.293 e. The normalized spacial score (nSPS) is 11.2. The zero-order valence-electron chi connectivity index (χ0n) is 13.5. The number of hydrogen-bond donors (Lipinski definition) is 2. The molecule has 0 aliphatic heterocycles. The number of nitrogen functional groups attached to an aromatic ring is 1. The van der Waals surface area contributed by atoms with Gasteiger partial charge in [-0.05, 0) is 28.0 Å². The van der Waals surface area contributed by atoms with Crippen molar-refractivity contribution < 1.29 is 18.6 Å². The highest BCUT2D eigenvalue weighted by Gasteiger charge is 2.23. The van der Waals surface area contributed by atoms with Crippen LogP contribution in [0, 0.1) is 5.82 Å². The molecule has 1 aromatic carbocycles. The summed E-state index contributed by atoms with van der Waals surface area (Å²) < 4.78 is 23.9. The zero-order chi connectivity index (χ0) is 18.5. The van der Waals surface area contributed by atoms with Gasteiger partial charge in [-0.1, -0.05) is 17.3 Å². The van der Waals surface area contributed by atoms with Gasteiger partial charge in [0, 0.05) is 7.11 Å². The molecule has 3 N–H and O–H groups in total. The van der Waals surface area contributed by atoms with Crippen molar-refractivity contribution in [2.45, 2.75) is 6.61 Å². The van der Waals surface area contributed by atoms with Crippen LogP contribution in [0.3, 0.4) is 0 Å². The Hall–Kier alpha value is -3.67. The van der Waals surface area contributed by atoms with Crippen LogP contribution >= 0.6 is 0 Å². The second-order valence-corrected chi connectivity index (χ2v) is 4.96. The molecular formula is C14H13FN8O3. The van der Waals surface area contributed by atoms with E-state index < -0.39 is 11.7 Å². The Morgan fingerprint density at radius 1 is 1.50 bits per heavy atom. The lowest BCUT2D eigenvalue weighted by Gasteiger charge is -2.03. The van der Waals surface area contributed by atoms with Crippen LogP contribution in [0.5, 0.6) is 0 Å². The third kappa shape index (κ3) is 3.54. The maximum Gasteiger partial charge on any atom is 0.293 e. The highest BCUT2D eigenvalue weighted by Crippen LogP contribution is 2.16. The lowest BCUT2D eigenvalue weighted by Crippen LogP contribution is -2.20. The Bertz CT molecular complexity index is 951. The van der Waals surface area contributed by atoms with Crippen molar-refractivity contribution in [1.82, 2.24) is 30.7 Å². The van der Waals surface area contributed by atoms with E-state index in [1.165, 1.54) is 36.2 Å². The summed E-state index contributed by atoms with van der Waals surface area (Å²) in [6.07, 6.45) is 1.29. The van der Waals surface area contributed by atoms with Gasteiger partial charge >= 0.3 is 0 Å². The Morgan fingerprint density at radius 3 is 3.04 bits per heavy atom. The lowest BCUT2D eigenvalue weighted by molar-refractivity contribution is 0.0944. The molecule has 2 heterocycles. The molecule has 3 rings (SSSR count). The van der Waals surface area contributed by atoms with Crippen molar-refractivity contribution in [3.63, 3.8) is 0 Å². The number of rotatable bonds is 6. The summed E-state index contributed by atoms with van der Waals surface area (Å²) in [6, 6.07) is 5.72. The van der Waals surface area contributed by atoms with Crippen LogP contribution in [0.25, 0.3) is 5.82 Å². The van der Waals surface area contributed by atoms with Gasteiger partial charge in [-0.3, -0.25) is 4.79 Å². The zero-order valence-corrected chi connectivity index (χ0v) is 13.5. The van der Waals surface area contributed by atoms with Crippen molar-refractivity contribution in [2.24, 2.45) is 5.10 Å². The molecule has 134 valence electrons. The minimum atomic E-state index is -0.647. The Kier molecular flexibility index (Phi) is 4.94. The first-order valence-corrected chi connectivity index (χ1v) is 7.21. The van der Waals surface area contributed by atoms with E-state index in [2.05, 4.69) is 35.8 Å². The Morgan fingerprint density at radius 2 is 2.35 bits per heavy atom. The molecule has 0 aliphatic rings. The van der Waals surface area contributed by atoms with Gasteiger partial charge in [0.25, 0.3) is 5.91 Å². The van der Waals surface area contributed by atoms with Gasteiger partial charge in [-0.2, -0.15) is 9.78 Å². The topological polar surface area (TPSA) is 146 Å². The highest BCUT2D eigenvalue weighted by molar-refractivity contribution is 5.94. The number of nitrogens with zero attached hydrogens (tertiary/aromatic N) is 6. The number of hydrazone groups is 1. The van der Waals surface area contributed by atoms with Crippen LogP contribution in [0.1, 0.15) is 21.7 Å². The van der Waals surface area contributed by atoms with Gasteiger partial charge in [-0.25, -0.2) is 14.4 Å².